The predicted octanol–water partition coefficient (Wildman–Crippen LogP) is 3.10. The molecule has 26 heavy (non-hydrogen) atoms. The van der Waals surface area contributed by atoms with Gasteiger partial charge < -0.3 is 15.5 Å². The monoisotopic (exact) mass is 357 g/mol. The number of hydrogen-bond acceptors (Lipinski definition) is 2. The van der Waals surface area contributed by atoms with E-state index >= 15 is 0 Å². The summed E-state index contributed by atoms with van der Waals surface area (Å²) in [7, 11) is 0. The topological polar surface area (TPSA) is 61.4 Å². The van der Waals surface area contributed by atoms with Gasteiger partial charge >= 0.3 is 6.03 Å². The van der Waals surface area contributed by atoms with Crippen molar-refractivity contribution in [3.8, 4) is 0 Å². The summed E-state index contributed by atoms with van der Waals surface area (Å²) in [4.78, 5) is 26.8. The molecule has 1 heterocycles. The van der Waals surface area contributed by atoms with E-state index in [1.807, 2.05) is 23.1 Å². The van der Waals surface area contributed by atoms with E-state index in [1.165, 1.54) is 24.8 Å². The minimum absolute atomic E-state index is 0.0127. The lowest BCUT2D eigenvalue weighted by Crippen LogP contribution is -2.51. The van der Waals surface area contributed by atoms with E-state index in [9.17, 15) is 9.59 Å². The van der Waals surface area contributed by atoms with Gasteiger partial charge in [-0.3, -0.25) is 4.79 Å². The smallest absolute Gasteiger partial charge is 0.317 e. The van der Waals surface area contributed by atoms with E-state index in [4.69, 9.17) is 0 Å². The quantitative estimate of drug-likeness (QED) is 0.851. The van der Waals surface area contributed by atoms with E-state index in [2.05, 4.69) is 22.8 Å². The fourth-order valence-corrected chi connectivity index (χ4v) is 4.01. The summed E-state index contributed by atoms with van der Waals surface area (Å²) in [6.45, 7) is 1.94. The van der Waals surface area contributed by atoms with Crippen LogP contribution in [0, 0.1) is 5.92 Å². The maximum Gasteiger partial charge on any atom is 0.317 e. The molecule has 1 aromatic rings. The summed E-state index contributed by atoms with van der Waals surface area (Å²) in [5.74, 6) is -0.00673. The lowest BCUT2D eigenvalue weighted by Gasteiger charge is -2.34. The fourth-order valence-electron chi connectivity index (χ4n) is 4.01. The third-order valence-corrected chi connectivity index (χ3v) is 5.57. The Balaban J connectivity index is 1.41. The van der Waals surface area contributed by atoms with Gasteiger partial charge in [0.15, 0.2) is 0 Å². The van der Waals surface area contributed by atoms with Crippen LogP contribution in [0.5, 0.6) is 0 Å². The van der Waals surface area contributed by atoms with Gasteiger partial charge in [-0.2, -0.15) is 0 Å². The summed E-state index contributed by atoms with van der Waals surface area (Å²) in [5, 5.41) is 6.21. The number of urea groups is 1. The van der Waals surface area contributed by atoms with Crippen LogP contribution >= 0.6 is 0 Å². The van der Waals surface area contributed by atoms with Crippen LogP contribution < -0.4 is 10.6 Å². The lowest BCUT2D eigenvalue weighted by molar-refractivity contribution is -0.126. The third kappa shape index (κ3) is 5.48. The number of nitrogens with zero attached hydrogens (tertiary/aromatic N) is 1. The Morgan fingerprint density at radius 2 is 1.77 bits per heavy atom. The summed E-state index contributed by atoms with van der Waals surface area (Å²) >= 11 is 0. The first-order valence-electron chi connectivity index (χ1n) is 10.1. The highest BCUT2D eigenvalue weighted by atomic mass is 16.2. The maximum absolute atomic E-state index is 12.5. The molecule has 0 radical (unpaired) electrons. The summed E-state index contributed by atoms with van der Waals surface area (Å²) < 4.78 is 0. The van der Waals surface area contributed by atoms with Gasteiger partial charge in [0, 0.05) is 25.7 Å². The molecular weight excluding hydrogens is 326 g/mol. The van der Waals surface area contributed by atoms with Crippen LogP contribution in [0.15, 0.2) is 30.3 Å². The first kappa shape index (κ1) is 18.7. The second kappa shape index (κ2) is 9.60. The first-order chi connectivity index (χ1) is 12.7. The zero-order valence-electron chi connectivity index (χ0n) is 15.6. The SMILES string of the molecule is O=C(NCCc1ccccc1)[C@@H]1CCCN(C(=O)NC2CCCCC2)C1. The molecule has 2 fully saturated rings. The molecule has 2 N–H and O–H groups in total. The van der Waals surface area contributed by atoms with Crippen LogP contribution in [0.3, 0.4) is 0 Å². The maximum atomic E-state index is 12.5. The number of nitrogens with one attached hydrogen (secondary N) is 2. The highest BCUT2D eigenvalue weighted by Crippen LogP contribution is 2.20. The van der Waals surface area contributed by atoms with Crippen molar-refractivity contribution in [3.63, 3.8) is 0 Å². The second-order valence-corrected chi connectivity index (χ2v) is 7.60. The minimum Gasteiger partial charge on any atom is -0.355 e. The van der Waals surface area contributed by atoms with Crippen LogP contribution in [0.2, 0.25) is 0 Å². The number of carbonyl (C=O) groups excluding carboxylic acids is 2. The van der Waals surface area contributed by atoms with Crippen LogP contribution in [-0.2, 0) is 11.2 Å². The zero-order valence-corrected chi connectivity index (χ0v) is 15.6. The number of benzene rings is 1. The Kier molecular flexibility index (Phi) is 6.92. The van der Waals surface area contributed by atoms with Gasteiger partial charge in [-0.1, -0.05) is 49.6 Å². The molecule has 5 heteroatoms. The van der Waals surface area contributed by atoms with Crippen molar-refractivity contribution in [2.45, 2.75) is 57.4 Å². The second-order valence-electron chi connectivity index (χ2n) is 7.60. The van der Waals surface area contributed by atoms with Crippen LogP contribution in [-0.4, -0.2) is 42.5 Å². The molecule has 0 bridgehead atoms. The molecular formula is C21H31N3O2. The summed E-state index contributed by atoms with van der Waals surface area (Å²) in [6, 6.07) is 10.5. The molecule has 0 aromatic heterocycles. The zero-order chi connectivity index (χ0) is 18.2. The summed E-state index contributed by atoms with van der Waals surface area (Å²) in [6.07, 6.45) is 8.46. The van der Waals surface area contributed by atoms with Crippen LogP contribution in [0.25, 0.3) is 0 Å². The van der Waals surface area contributed by atoms with Crippen molar-refractivity contribution < 1.29 is 9.59 Å². The van der Waals surface area contributed by atoms with Crippen molar-refractivity contribution in [3.05, 3.63) is 35.9 Å². The number of amides is 3. The molecule has 1 aliphatic carbocycles. The van der Waals surface area contributed by atoms with E-state index in [1.54, 1.807) is 0 Å². The standard InChI is InChI=1S/C21H31N3O2/c25-20(22-14-13-17-8-3-1-4-9-17)18-10-7-15-24(16-18)21(26)23-19-11-5-2-6-12-19/h1,3-4,8-9,18-19H,2,5-7,10-16H2,(H,22,25)(H,23,26)/t18-/m1/s1. The highest BCUT2D eigenvalue weighted by molar-refractivity contribution is 5.81. The fraction of sp³-hybridized carbons (Fsp3) is 0.619. The molecule has 5 nitrogen and oxygen atoms in total. The van der Waals surface area contributed by atoms with Crippen molar-refractivity contribution >= 4 is 11.9 Å². The molecule has 1 atom stereocenters. The Labute approximate surface area is 156 Å². The molecule has 2 aliphatic rings. The molecule has 1 saturated carbocycles. The van der Waals surface area contributed by atoms with Gasteiger partial charge in [-0.15, -0.1) is 0 Å². The minimum atomic E-state index is -0.0865. The third-order valence-electron chi connectivity index (χ3n) is 5.57. The van der Waals surface area contributed by atoms with Gasteiger partial charge in [0.25, 0.3) is 0 Å². The molecule has 1 aliphatic heterocycles. The van der Waals surface area contributed by atoms with Crippen LogP contribution in [0.4, 0.5) is 4.79 Å². The van der Waals surface area contributed by atoms with Crippen LogP contribution in [0.1, 0.15) is 50.5 Å². The van der Waals surface area contributed by atoms with Crippen molar-refractivity contribution in [2.24, 2.45) is 5.92 Å². The van der Waals surface area contributed by atoms with Crippen molar-refractivity contribution in [1.82, 2.24) is 15.5 Å². The Morgan fingerprint density at radius 3 is 2.54 bits per heavy atom. The number of carbonyl (C=O) groups is 2. The molecule has 0 unspecified atom stereocenters. The van der Waals surface area contributed by atoms with Gasteiger partial charge in [0.1, 0.15) is 0 Å². The highest BCUT2D eigenvalue weighted by Gasteiger charge is 2.29. The first-order valence-corrected chi connectivity index (χ1v) is 10.1. The van der Waals surface area contributed by atoms with Gasteiger partial charge in [-0.25, -0.2) is 4.79 Å². The number of hydrogen-bond donors (Lipinski definition) is 2. The molecule has 0 spiro atoms. The predicted molar refractivity (Wildman–Crippen MR) is 103 cm³/mol. The average Bonchev–Trinajstić information content (AvgIpc) is 2.69. The van der Waals surface area contributed by atoms with Gasteiger partial charge in [0.05, 0.1) is 5.92 Å². The van der Waals surface area contributed by atoms with Gasteiger partial charge in [0.2, 0.25) is 5.91 Å². The largest absolute Gasteiger partial charge is 0.355 e. The molecule has 1 aromatic carbocycles. The number of piperidine rings is 1. The summed E-state index contributed by atoms with van der Waals surface area (Å²) in [5.41, 5.74) is 1.23. The van der Waals surface area contributed by atoms with E-state index in [0.29, 0.717) is 19.1 Å². The van der Waals surface area contributed by atoms with E-state index in [0.717, 1.165) is 38.6 Å². The molecule has 1 saturated heterocycles. The van der Waals surface area contributed by atoms with Crippen molar-refractivity contribution in [1.29, 1.82) is 0 Å². The Bertz CT molecular complexity index is 584. The Hall–Kier alpha value is -2.04. The lowest BCUT2D eigenvalue weighted by atomic mass is 9.95. The number of rotatable bonds is 5. The molecule has 3 amide bonds. The normalized spacial score (nSPS) is 21.2. The molecule has 142 valence electrons. The average molecular weight is 357 g/mol. The van der Waals surface area contributed by atoms with E-state index < -0.39 is 0 Å². The Morgan fingerprint density at radius 1 is 1.00 bits per heavy atom. The molecule has 3 rings (SSSR count). The van der Waals surface area contributed by atoms with E-state index in [-0.39, 0.29) is 17.9 Å². The van der Waals surface area contributed by atoms with Crippen molar-refractivity contribution in [2.75, 3.05) is 19.6 Å². The van der Waals surface area contributed by atoms with Gasteiger partial charge in [-0.05, 0) is 37.7 Å². The number of likely N-dealkylation sites (tertiary alicyclic amines) is 1.